The van der Waals surface area contributed by atoms with E-state index in [0.717, 1.165) is 11.3 Å². The average Bonchev–Trinajstić information content (AvgIpc) is 3.28. The molecule has 3 aromatic rings. The SMILES string of the molecule is CCOC(=O)c1sc(NC(=O)CSc2nnc(COc3ccc(Cl)cc3)n2C)nc1C. The Bertz CT molecular complexity index is 1070. The topological polar surface area (TPSA) is 108 Å². The lowest BCUT2D eigenvalue weighted by Gasteiger charge is -2.06. The van der Waals surface area contributed by atoms with Crippen molar-refractivity contribution < 1.29 is 19.1 Å². The number of ether oxygens (including phenoxy) is 2. The number of thioether (sulfide) groups is 1. The van der Waals surface area contributed by atoms with Crippen molar-refractivity contribution in [1.82, 2.24) is 19.7 Å². The van der Waals surface area contributed by atoms with E-state index in [-0.39, 0.29) is 24.9 Å². The minimum absolute atomic E-state index is 0.109. The first-order valence-corrected chi connectivity index (χ1v) is 11.4. The quantitative estimate of drug-likeness (QED) is 0.364. The molecule has 0 radical (unpaired) electrons. The second-order valence-corrected chi connectivity index (χ2v) is 8.57. The third-order valence-corrected chi connectivity index (χ3v) is 6.27. The summed E-state index contributed by atoms with van der Waals surface area (Å²) in [6, 6.07) is 7.03. The van der Waals surface area contributed by atoms with Gasteiger partial charge in [-0.2, -0.15) is 0 Å². The molecule has 3 rings (SSSR count). The molecule has 0 aliphatic heterocycles. The van der Waals surface area contributed by atoms with Gasteiger partial charge in [0.1, 0.15) is 17.2 Å². The van der Waals surface area contributed by atoms with Crippen molar-refractivity contribution in [3.05, 3.63) is 45.7 Å². The molecule has 164 valence electrons. The molecule has 12 heteroatoms. The fourth-order valence-electron chi connectivity index (χ4n) is 2.40. The van der Waals surface area contributed by atoms with Crippen LogP contribution in [0.2, 0.25) is 5.02 Å². The van der Waals surface area contributed by atoms with Crippen LogP contribution in [-0.2, 0) is 23.2 Å². The Morgan fingerprint density at radius 2 is 2.00 bits per heavy atom. The second-order valence-electron chi connectivity index (χ2n) is 6.19. The summed E-state index contributed by atoms with van der Waals surface area (Å²) in [4.78, 5) is 28.7. The first kappa shape index (κ1) is 23.0. The maximum Gasteiger partial charge on any atom is 0.350 e. The maximum atomic E-state index is 12.3. The molecule has 2 heterocycles. The summed E-state index contributed by atoms with van der Waals surface area (Å²) in [6.07, 6.45) is 0. The van der Waals surface area contributed by atoms with Gasteiger partial charge in [-0.15, -0.1) is 10.2 Å². The number of aryl methyl sites for hydroxylation is 1. The number of nitrogens with one attached hydrogen (secondary N) is 1. The number of hydrogen-bond donors (Lipinski definition) is 1. The highest BCUT2D eigenvalue weighted by atomic mass is 35.5. The molecule has 0 fully saturated rings. The normalized spacial score (nSPS) is 10.7. The maximum absolute atomic E-state index is 12.3. The van der Waals surface area contributed by atoms with Gasteiger partial charge in [0.25, 0.3) is 0 Å². The minimum Gasteiger partial charge on any atom is -0.486 e. The summed E-state index contributed by atoms with van der Waals surface area (Å²) in [7, 11) is 1.80. The van der Waals surface area contributed by atoms with Gasteiger partial charge in [0.2, 0.25) is 5.91 Å². The van der Waals surface area contributed by atoms with Crippen molar-refractivity contribution in [2.45, 2.75) is 25.6 Å². The highest BCUT2D eigenvalue weighted by molar-refractivity contribution is 7.99. The van der Waals surface area contributed by atoms with E-state index in [0.29, 0.717) is 37.5 Å². The Labute approximate surface area is 192 Å². The van der Waals surface area contributed by atoms with E-state index in [1.54, 1.807) is 49.7 Å². The molecular weight excluding hydrogens is 462 g/mol. The number of esters is 1. The van der Waals surface area contributed by atoms with Gasteiger partial charge in [-0.3, -0.25) is 4.79 Å². The smallest absolute Gasteiger partial charge is 0.350 e. The van der Waals surface area contributed by atoms with Crippen LogP contribution in [0.3, 0.4) is 0 Å². The Balaban J connectivity index is 1.52. The first-order valence-electron chi connectivity index (χ1n) is 9.21. The number of hydrogen-bond acceptors (Lipinski definition) is 9. The van der Waals surface area contributed by atoms with Crippen molar-refractivity contribution in [3.63, 3.8) is 0 Å². The van der Waals surface area contributed by atoms with Gasteiger partial charge < -0.3 is 19.4 Å². The molecule has 0 aliphatic rings. The van der Waals surface area contributed by atoms with Gasteiger partial charge in [-0.1, -0.05) is 34.7 Å². The molecule has 31 heavy (non-hydrogen) atoms. The molecule has 1 N–H and O–H groups in total. The molecule has 1 aromatic carbocycles. The summed E-state index contributed by atoms with van der Waals surface area (Å²) in [5, 5.41) is 12.5. The molecule has 0 bridgehead atoms. The zero-order chi connectivity index (χ0) is 22.4. The van der Waals surface area contributed by atoms with E-state index in [9.17, 15) is 9.59 Å². The minimum atomic E-state index is -0.445. The van der Waals surface area contributed by atoms with Crippen molar-refractivity contribution in [3.8, 4) is 5.75 Å². The fraction of sp³-hybridized carbons (Fsp3) is 0.316. The van der Waals surface area contributed by atoms with Crippen molar-refractivity contribution in [2.75, 3.05) is 17.7 Å². The van der Waals surface area contributed by atoms with E-state index < -0.39 is 5.97 Å². The molecule has 0 spiro atoms. The Morgan fingerprint density at radius 1 is 1.26 bits per heavy atom. The lowest BCUT2D eigenvalue weighted by molar-refractivity contribution is -0.113. The molecular formula is C19H20ClN5O4S2. The number of carbonyl (C=O) groups excluding carboxylic acids is 2. The van der Waals surface area contributed by atoms with Gasteiger partial charge in [-0.05, 0) is 38.1 Å². The molecule has 2 aromatic heterocycles. The number of aromatic nitrogens is 4. The number of amides is 1. The molecule has 1 amide bonds. The van der Waals surface area contributed by atoms with Crippen LogP contribution in [0.1, 0.15) is 28.1 Å². The second kappa shape index (κ2) is 10.6. The van der Waals surface area contributed by atoms with Crippen LogP contribution in [0.5, 0.6) is 5.75 Å². The van der Waals surface area contributed by atoms with Crippen molar-refractivity contribution in [1.29, 1.82) is 0 Å². The number of carbonyl (C=O) groups is 2. The summed E-state index contributed by atoms with van der Waals surface area (Å²) in [5.41, 5.74) is 0.519. The summed E-state index contributed by atoms with van der Waals surface area (Å²) in [6.45, 7) is 3.93. The third-order valence-electron chi connectivity index (χ3n) is 3.94. The van der Waals surface area contributed by atoms with Crippen molar-refractivity contribution >= 4 is 51.7 Å². The van der Waals surface area contributed by atoms with Crippen LogP contribution in [-0.4, -0.2) is 44.0 Å². The van der Waals surface area contributed by atoms with Crippen LogP contribution in [0.15, 0.2) is 29.4 Å². The van der Waals surface area contributed by atoms with E-state index in [1.807, 2.05) is 0 Å². The number of thiazole rings is 1. The lowest BCUT2D eigenvalue weighted by Crippen LogP contribution is -2.14. The van der Waals surface area contributed by atoms with Crippen LogP contribution in [0, 0.1) is 6.92 Å². The monoisotopic (exact) mass is 481 g/mol. The van der Waals surface area contributed by atoms with Gasteiger partial charge >= 0.3 is 5.97 Å². The third kappa shape index (κ3) is 6.18. The number of halogens is 1. The number of nitrogens with zero attached hydrogens (tertiary/aromatic N) is 4. The lowest BCUT2D eigenvalue weighted by atomic mass is 10.3. The van der Waals surface area contributed by atoms with Gasteiger partial charge in [0, 0.05) is 12.1 Å². The average molecular weight is 482 g/mol. The molecule has 0 unspecified atom stereocenters. The molecule has 0 saturated heterocycles. The summed E-state index contributed by atoms with van der Waals surface area (Å²) >= 11 is 8.18. The van der Waals surface area contributed by atoms with Crippen LogP contribution in [0.4, 0.5) is 5.13 Å². The Hall–Kier alpha value is -2.63. The fourth-order valence-corrected chi connectivity index (χ4v) is 4.13. The first-order chi connectivity index (χ1) is 14.9. The van der Waals surface area contributed by atoms with Gasteiger partial charge in [0.15, 0.2) is 16.1 Å². The predicted molar refractivity (Wildman–Crippen MR) is 119 cm³/mol. The number of anilines is 1. The van der Waals surface area contributed by atoms with Crippen LogP contribution < -0.4 is 10.1 Å². The largest absolute Gasteiger partial charge is 0.486 e. The van der Waals surface area contributed by atoms with E-state index in [4.69, 9.17) is 21.1 Å². The van der Waals surface area contributed by atoms with Gasteiger partial charge in [0.05, 0.1) is 18.1 Å². The standard InChI is InChI=1S/C19H20ClN5O4S2/c1-4-28-17(27)16-11(2)21-18(31-16)22-15(26)10-30-19-24-23-14(25(19)3)9-29-13-7-5-12(20)6-8-13/h5-8H,4,9-10H2,1-3H3,(H,21,22,26). The zero-order valence-corrected chi connectivity index (χ0v) is 19.4. The van der Waals surface area contributed by atoms with E-state index in [1.165, 1.54) is 11.8 Å². The Morgan fingerprint density at radius 3 is 2.71 bits per heavy atom. The molecule has 0 aliphatic carbocycles. The van der Waals surface area contributed by atoms with Crippen LogP contribution in [0.25, 0.3) is 0 Å². The summed E-state index contributed by atoms with van der Waals surface area (Å²) < 4.78 is 12.4. The highest BCUT2D eigenvalue weighted by Crippen LogP contribution is 2.24. The number of benzene rings is 1. The molecule has 0 atom stereocenters. The molecule has 9 nitrogen and oxygen atoms in total. The van der Waals surface area contributed by atoms with Crippen LogP contribution >= 0.6 is 34.7 Å². The van der Waals surface area contributed by atoms with E-state index in [2.05, 4.69) is 20.5 Å². The zero-order valence-electron chi connectivity index (χ0n) is 17.0. The molecule has 0 saturated carbocycles. The summed E-state index contributed by atoms with van der Waals surface area (Å²) in [5.74, 6) is 0.683. The highest BCUT2D eigenvalue weighted by Gasteiger charge is 2.18. The van der Waals surface area contributed by atoms with Gasteiger partial charge in [-0.25, -0.2) is 9.78 Å². The Kier molecular flexibility index (Phi) is 7.88. The van der Waals surface area contributed by atoms with E-state index >= 15 is 0 Å². The number of rotatable bonds is 9. The van der Waals surface area contributed by atoms with Crippen molar-refractivity contribution in [2.24, 2.45) is 7.05 Å². The predicted octanol–water partition coefficient (Wildman–Crippen LogP) is 3.72.